The van der Waals surface area contributed by atoms with Gasteiger partial charge in [-0.3, -0.25) is 4.79 Å². The molecule has 92 valence electrons. The van der Waals surface area contributed by atoms with E-state index in [1.54, 1.807) is 0 Å². The van der Waals surface area contributed by atoms with E-state index in [4.69, 9.17) is 10.5 Å². The maximum Gasteiger partial charge on any atom is 0.239 e. The summed E-state index contributed by atoms with van der Waals surface area (Å²) in [5.74, 6) is 0.130. The zero-order valence-corrected chi connectivity index (χ0v) is 10.1. The van der Waals surface area contributed by atoms with Crippen molar-refractivity contribution >= 4 is 5.91 Å². The number of hydrogen-bond acceptors (Lipinski definition) is 3. The smallest absolute Gasteiger partial charge is 0.239 e. The zero-order chi connectivity index (χ0) is 11.6. The van der Waals surface area contributed by atoms with Crippen LogP contribution in [0.3, 0.4) is 0 Å². The molecule has 1 spiro atoms. The van der Waals surface area contributed by atoms with E-state index in [0.29, 0.717) is 0 Å². The number of amides is 1. The standard InChI is InChI=1S/C12H22N2O2/c1-2-3-10(13)11(15)14-6-4-12(8-14)5-7-16-9-12/h10H,2-9,13H2,1H3. The van der Waals surface area contributed by atoms with E-state index in [2.05, 4.69) is 6.92 Å². The van der Waals surface area contributed by atoms with E-state index in [9.17, 15) is 4.79 Å². The van der Waals surface area contributed by atoms with Crippen molar-refractivity contribution in [2.75, 3.05) is 26.3 Å². The molecule has 4 heteroatoms. The van der Waals surface area contributed by atoms with Crippen LogP contribution in [-0.4, -0.2) is 43.2 Å². The summed E-state index contributed by atoms with van der Waals surface area (Å²) in [6.45, 7) is 5.44. The number of rotatable bonds is 3. The molecule has 0 radical (unpaired) electrons. The Morgan fingerprint density at radius 3 is 3.00 bits per heavy atom. The Hall–Kier alpha value is -0.610. The maximum atomic E-state index is 12.0. The van der Waals surface area contributed by atoms with Gasteiger partial charge >= 0.3 is 0 Å². The molecular weight excluding hydrogens is 204 g/mol. The molecule has 2 saturated heterocycles. The molecule has 2 atom stereocenters. The molecule has 2 unspecified atom stereocenters. The van der Waals surface area contributed by atoms with Gasteiger partial charge in [-0.25, -0.2) is 0 Å². The number of nitrogens with zero attached hydrogens (tertiary/aromatic N) is 1. The summed E-state index contributed by atoms with van der Waals surface area (Å²) >= 11 is 0. The van der Waals surface area contributed by atoms with E-state index in [0.717, 1.165) is 52.0 Å². The molecule has 2 heterocycles. The summed E-state index contributed by atoms with van der Waals surface area (Å²) in [7, 11) is 0. The van der Waals surface area contributed by atoms with E-state index >= 15 is 0 Å². The number of hydrogen-bond donors (Lipinski definition) is 1. The highest BCUT2D eigenvalue weighted by Crippen LogP contribution is 2.38. The molecule has 0 aromatic rings. The highest BCUT2D eigenvalue weighted by atomic mass is 16.5. The lowest BCUT2D eigenvalue weighted by molar-refractivity contribution is -0.132. The van der Waals surface area contributed by atoms with Crippen molar-refractivity contribution in [1.29, 1.82) is 0 Å². The third kappa shape index (κ3) is 2.23. The van der Waals surface area contributed by atoms with E-state index in [-0.39, 0.29) is 17.4 Å². The minimum atomic E-state index is -0.303. The fourth-order valence-electron chi connectivity index (χ4n) is 2.76. The molecule has 0 saturated carbocycles. The van der Waals surface area contributed by atoms with Gasteiger partial charge in [-0.2, -0.15) is 0 Å². The summed E-state index contributed by atoms with van der Waals surface area (Å²) in [5, 5.41) is 0. The van der Waals surface area contributed by atoms with Crippen molar-refractivity contribution in [3.8, 4) is 0 Å². The van der Waals surface area contributed by atoms with Gasteiger partial charge in [0.2, 0.25) is 5.91 Å². The van der Waals surface area contributed by atoms with Gasteiger partial charge in [0.25, 0.3) is 0 Å². The minimum absolute atomic E-state index is 0.130. The van der Waals surface area contributed by atoms with Crippen LogP contribution < -0.4 is 5.73 Å². The van der Waals surface area contributed by atoms with Gasteiger partial charge < -0.3 is 15.4 Å². The van der Waals surface area contributed by atoms with Crippen molar-refractivity contribution in [2.24, 2.45) is 11.1 Å². The highest BCUT2D eigenvalue weighted by Gasteiger charge is 2.43. The van der Waals surface area contributed by atoms with Crippen LogP contribution in [0.2, 0.25) is 0 Å². The second-order valence-electron chi connectivity index (χ2n) is 5.21. The summed E-state index contributed by atoms with van der Waals surface area (Å²) < 4.78 is 5.45. The second-order valence-corrected chi connectivity index (χ2v) is 5.21. The van der Waals surface area contributed by atoms with Gasteiger partial charge in [-0.15, -0.1) is 0 Å². The van der Waals surface area contributed by atoms with Gasteiger partial charge in [0.05, 0.1) is 12.6 Å². The van der Waals surface area contributed by atoms with E-state index < -0.39 is 0 Å². The normalized spacial score (nSPS) is 31.2. The topological polar surface area (TPSA) is 55.6 Å². The summed E-state index contributed by atoms with van der Waals surface area (Å²) in [6, 6.07) is -0.303. The maximum absolute atomic E-state index is 12.0. The molecule has 4 nitrogen and oxygen atoms in total. The van der Waals surface area contributed by atoms with Crippen LogP contribution in [0.1, 0.15) is 32.6 Å². The van der Waals surface area contributed by atoms with Crippen molar-refractivity contribution < 1.29 is 9.53 Å². The number of carbonyl (C=O) groups excluding carboxylic acids is 1. The predicted octanol–water partition coefficient (Wildman–Crippen LogP) is 0.753. The molecule has 0 bridgehead atoms. The molecule has 0 aromatic heterocycles. The predicted molar refractivity (Wildman–Crippen MR) is 61.9 cm³/mol. The second kappa shape index (κ2) is 4.72. The van der Waals surface area contributed by atoms with Crippen LogP contribution in [0.5, 0.6) is 0 Å². The molecule has 1 amide bonds. The van der Waals surface area contributed by atoms with Crippen LogP contribution >= 0.6 is 0 Å². The van der Waals surface area contributed by atoms with Crippen molar-refractivity contribution in [3.05, 3.63) is 0 Å². The Labute approximate surface area is 97.1 Å². The Balaban J connectivity index is 1.90. The summed E-state index contributed by atoms with van der Waals surface area (Å²) in [6.07, 6.45) is 3.94. The quantitative estimate of drug-likeness (QED) is 0.772. The minimum Gasteiger partial charge on any atom is -0.381 e. The number of nitrogens with two attached hydrogens (primary N) is 1. The van der Waals surface area contributed by atoms with Gasteiger partial charge in [0.1, 0.15) is 0 Å². The van der Waals surface area contributed by atoms with Crippen molar-refractivity contribution in [2.45, 2.75) is 38.6 Å². The molecule has 2 aliphatic heterocycles. The first-order chi connectivity index (χ1) is 7.67. The summed E-state index contributed by atoms with van der Waals surface area (Å²) in [5.41, 5.74) is 6.12. The first kappa shape index (κ1) is 11.9. The van der Waals surface area contributed by atoms with E-state index in [1.807, 2.05) is 4.90 Å². The molecule has 2 N–H and O–H groups in total. The fourth-order valence-corrected chi connectivity index (χ4v) is 2.76. The van der Waals surface area contributed by atoms with Crippen LogP contribution in [0.25, 0.3) is 0 Å². The Morgan fingerprint density at radius 1 is 1.56 bits per heavy atom. The van der Waals surface area contributed by atoms with Gasteiger partial charge in [-0.05, 0) is 19.3 Å². The number of likely N-dealkylation sites (tertiary alicyclic amines) is 1. The first-order valence-electron chi connectivity index (χ1n) is 6.29. The molecule has 2 rings (SSSR count). The van der Waals surface area contributed by atoms with Crippen LogP contribution in [0.15, 0.2) is 0 Å². The van der Waals surface area contributed by atoms with Crippen molar-refractivity contribution in [3.63, 3.8) is 0 Å². The first-order valence-corrected chi connectivity index (χ1v) is 6.29. The van der Waals surface area contributed by atoms with Crippen LogP contribution in [0, 0.1) is 5.41 Å². The van der Waals surface area contributed by atoms with Gasteiger partial charge in [-0.1, -0.05) is 13.3 Å². The Kier molecular flexibility index (Phi) is 3.50. The Bertz CT molecular complexity index is 262. The highest BCUT2D eigenvalue weighted by molar-refractivity contribution is 5.81. The molecule has 2 fully saturated rings. The third-order valence-electron chi connectivity index (χ3n) is 3.85. The van der Waals surface area contributed by atoms with E-state index in [1.165, 1.54) is 0 Å². The lowest BCUT2D eigenvalue weighted by Gasteiger charge is -2.24. The molecule has 0 aromatic carbocycles. The zero-order valence-electron chi connectivity index (χ0n) is 10.1. The monoisotopic (exact) mass is 226 g/mol. The lowest BCUT2D eigenvalue weighted by Crippen LogP contribution is -2.43. The fraction of sp³-hybridized carbons (Fsp3) is 0.917. The Morgan fingerprint density at radius 2 is 2.38 bits per heavy atom. The summed E-state index contributed by atoms with van der Waals surface area (Å²) in [4.78, 5) is 14.0. The number of ether oxygens (including phenoxy) is 1. The number of carbonyl (C=O) groups is 1. The molecule has 16 heavy (non-hydrogen) atoms. The van der Waals surface area contributed by atoms with Crippen molar-refractivity contribution in [1.82, 2.24) is 4.90 Å². The SMILES string of the molecule is CCCC(N)C(=O)N1CCC2(CCOC2)C1. The van der Waals surface area contributed by atoms with Gasteiger partial charge in [0, 0.05) is 25.1 Å². The average molecular weight is 226 g/mol. The largest absolute Gasteiger partial charge is 0.381 e. The van der Waals surface area contributed by atoms with Crippen LogP contribution in [0.4, 0.5) is 0 Å². The van der Waals surface area contributed by atoms with Gasteiger partial charge in [0.15, 0.2) is 0 Å². The lowest BCUT2D eigenvalue weighted by atomic mass is 9.87. The van der Waals surface area contributed by atoms with Crippen LogP contribution in [-0.2, 0) is 9.53 Å². The molecular formula is C12H22N2O2. The average Bonchev–Trinajstić information content (AvgIpc) is 2.89. The third-order valence-corrected chi connectivity index (χ3v) is 3.85. The molecule has 2 aliphatic rings. The molecule has 0 aliphatic carbocycles.